The van der Waals surface area contributed by atoms with Crippen molar-refractivity contribution in [3.8, 4) is 0 Å². The van der Waals surface area contributed by atoms with Crippen LogP contribution < -0.4 is 5.32 Å². The van der Waals surface area contributed by atoms with Gasteiger partial charge in [0.05, 0.1) is 16.4 Å². The third-order valence-corrected chi connectivity index (χ3v) is 5.98. The summed E-state index contributed by atoms with van der Waals surface area (Å²) in [5, 5.41) is 2.99. The molecule has 5 nitrogen and oxygen atoms in total. The molecule has 1 atom stereocenters. The van der Waals surface area contributed by atoms with E-state index < -0.39 is 25.5 Å². The SMILES string of the molecule is CS(=O)(=O)CCNC1CCS(=O)(=O)c2ccc(F)cc21. The molecule has 8 heteroatoms. The highest BCUT2D eigenvalue weighted by Gasteiger charge is 2.30. The molecule has 0 aliphatic carbocycles. The molecule has 0 spiro atoms. The zero-order valence-electron chi connectivity index (χ0n) is 11.0. The van der Waals surface area contributed by atoms with Gasteiger partial charge >= 0.3 is 0 Å². The van der Waals surface area contributed by atoms with E-state index in [-0.39, 0.29) is 29.0 Å². The quantitative estimate of drug-likeness (QED) is 0.825. The highest BCUT2D eigenvalue weighted by atomic mass is 32.2. The first-order chi connectivity index (χ1) is 9.19. The fourth-order valence-electron chi connectivity index (χ4n) is 2.24. The maximum absolute atomic E-state index is 13.3. The normalized spacial score (nSPS) is 21.4. The van der Waals surface area contributed by atoms with Crippen molar-refractivity contribution in [3.63, 3.8) is 0 Å². The molecule has 0 fully saturated rings. The molecule has 1 aromatic rings. The maximum Gasteiger partial charge on any atom is 0.178 e. The molecule has 1 unspecified atom stereocenters. The molecule has 1 aromatic carbocycles. The summed E-state index contributed by atoms with van der Waals surface area (Å²) >= 11 is 0. The minimum absolute atomic E-state index is 0.0256. The number of hydrogen-bond donors (Lipinski definition) is 1. The predicted molar refractivity (Wildman–Crippen MR) is 73.5 cm³/mol. The molecule has 0 saturated carbocycles. The van der Waals surface area contributed by atoms with Gasteiger partial charge in [0.1, 0.15) is 15.7 Å². The van der Waals surface area contributed by atoms with Gasteiger partial charge in [-0.25, -0.2) is 21.2 Å². The van der Waals surface area contributed by atoms with Crippen molar-refractivity contribution in [2.75, 3.05) is 24.3 Å². The number of nitrogens with one attached hydrogen (secondary N) is 1. The Balaban J connectivity index is 2.23. The van der Waals surface area contributed by atoms with Gasteiger partial charge in [-0.05, 0) is 30.2 Å². The van der Waals surface area contributed by atoms with Crippen LogP contribution in [0, 0.1) is 5.82 Å². The summed E-state index contributed by atoms with van der Waals surface area (Å²) in [6.45, 7) is 0.208. The van der Waals surface area contributed by atoms with E-state index in [2.05, 4.69) is 5.32 Å². The van der Waals surface area contributed by atoms with Crippen LogP contribution in [-0.4, -0.2) is 41.1 Å². The van der Waals surface area contributed by atoms with Gasteiger partial charge in [-0.2, -0.15) is 0 Å². The minimum atomic E-state index is -3.37. The van der Waals surface area contributed by atoms with Gasteiger partial charge in [0.25, 0.3) is 0 Å². The molecule has 1 aliphatic rings. The topological polar surface area (TPSA) is 80.3 Å². The van der Waals surface area contributed by atoms with E-state index in [1.165, 1.54) is 12.1 Å². The van der Waals surface area contributed by atoms with Crippen LogP contribution in [0.2, 0.25) is 0 Å². The molecule has 0 aromatic heterocycles. The van der Waals surface area contributed by atoms with E-state index in [1.54, 1.807) is 0 Å². The number of rotatable bonds is 4. The summed E-state index contributed by atoms with van der Waals surface area (Å²) in [4.78, 5) is 0.127. The van der Waals surface area contributed by atoms with Gasteiger partial charge in [0.2, 0.25) is 0 Å². The molecule has 0 amide bonds. The molecule has 1 N–H and O–H groups in total. The molecular formula is C12H16FNO4S2. The molecule has 112 valence electrons. The van der Waals surface area contributed by atoms with Crippen LogP contribution in [0.3, 0.4) is 0 Å². The first-order valence-electron chi connectivity index (χ1n) is 6.12. The van der Waals surface area contributed by atoms with Crippen molar-refractivity contribution in [2.45, 2.75) is 17.4 Å². The zero-order valence-corrected chi connectivity index (χ0v) is 12.6. The summed E-state index contributed by atoms with van der Waals surface area (Å²) < 4.78 is 59.3. The van der Waals surface area contributed by atoms with Crippen molar-refractivity contribution >= 4 is 19.7 Å². The van der Waals surface area contributed by atoms with Gasteiger partial charge in [-0.3, -0.25) is 0 Å². The van der Waals surface area contributed by atoms with E-state index in [4.69, 9.17) is 0 Å². The lowest BCUT2D eigenvalue weighted by Crippen LogP contribution is -2.32. The van der Waals surface area contributed by atoms with Gasteiger partial charge in [0, 0.05) is 18.8 Å². The summed E-state index contributed by atoms with van der Waals surface area (Å²) in [5.41, 5.74) is 0.379. The van der Waals surface area contributed by atoms with Gasteiger partial charge in [-0.15, -0.1) is 0 Å². The molecule has 0 radical (unpaired) electrons. The van der Waals surface area contributed by atoms with E-state index >= 15 is 0 Å². The summed E-state index contributed by atoms with van der Waals surface area (Å²) in [5.74, 6) is -0.570. The van der Waals surface area contributed by atoms with E-state index in [0.717, 1.165) is 12.3 Å². The van der Waals surface area contributed by atoms with E-state index in [1.807, 2.05) is 0 Å². The largest absolute Gasteiger partial charge is 0.309 e. The van der Waals surface area contributed by atoms with E-state index in [0.29, 0.717) is 12.0 Å². The molecule has 1 aliphatic heterocycles. The Kier molecular flexibility index (Phi) is 4.17. The second kappa shape index (κ2) is 5.42. The van der Waals surface area contributed by atoms with Crippen molar-refractivity contribution < 1.29 is 21.2 Å². The lowest BCUT2D eigenvalue weighted by molar-refractivity contribution is 0.498. The van der Waals surface area contributed by atoms with Crippen LogP contribution in [0.25, 0.3) is 0 Å². The summed E-state index contributed by atoms with van der Waals surface area (Å²) in [6, 6.07) is 3.25. The van der Waals surface area contributed by atoms with Crippen molar-refractivity contribution in [1.29, 1.82) is 0 Å². The van der Waals surface area contributed by atoms with Crippen LogP contribution in [0.1, 0.15) is 18.0 Å². The fourth-order valence-corrected chi connectivity index (χ4v) is 4.33. The van der Waals surface area contributed by atoms with Crippen LogP contribution in [0.4, 0.5) is 4.39 Å². The lowest BCUT2D eigenvalue weighted by Gasteiger charge is -2.26. The van der Waals surface area contributed by atoms with Crippen molar-refractivity contribution in [2.24, 2.45) is 0 Å². The Morgan fingerprint density at radius 2 is 2.10 bits per heavy atom. The Morgan fingerprint density at radius 1 is 1.40 bits per heavy atom. The molecule has 1 heterocycles. The number of sulfone groups is 2. The van der Waals surface area contributed by atoms with Crippen molar-refractivity contribution in [1.82, 2.24) is 5.32 Å². The average molecular weight is 321 g/mol. The van der Waals surface area contributed by atoms with Crippen LogP contribution in [-0.2, 0) is 19.7 Å². The van der Waals surface area contributed by atoms with Gasteiger partial charge < -0.3 is 5.32 Å². The third-order valence-electron chi connectivity index (χ3n) is 3.22. The monoisotopic (exact) mass is 321 g/mol. The second-order valence-corrected chi connectivity index (χ2v) is 9.26. The summed E-state index contributed by atoms with van der Waals surface area (Å²) in [7, 11) is -6.46. The first kappa shape index (κ1) is 15.4. The summed E-state index contributed by atoms with van der Waals surface area (Å²) in [6.07, 6.45) is 1.44. The Morgan fingerprint density at radius 3 is 2.75 bits per heavy atom. The molecular weight excluding hydrogens is 305 g/mol. The van der Waals surface area contributed by atoms with Crippen LogP contribution in [0.15, 0.2) is 23.1 Å². The number of fused-ring (bicyclic) bond motifs is 1. The standard InChI is InChI=1S/C12H16FNO4S2/c1-19(15,16)7-5-14-11-4-6-20(17,18)12-3-2-9(13)8-10(11)12/h2-3,8,11,14H,4-7H2,1H3. The second-order valence-electron chi connectivity index (χ2n) is 4.93. The smallest absolute Gasteiger partial charge is 0.178 e. The first-order valence-corrected chi connectivity index (χ1v) is 9.84. The fraction of sp³-hybridized carbons (Fsp3) is 0.500. The molecule has 20 heavy (non-hydrogen) atoms. The highest BCUT2D eigenvalue weighted by Crippen LogP contribution is 2.32. The van der Waals surface area contributed by atoms with E-state index in [9.17, 15) is 21.2 Å². The molecule has 2 rings (SSSR count). The Hall–Kier alpha value is -0.990. The third kappa shape index (κ3) is 3.56. The Labute approximate surface area is 118 Å². The zero-order chi connectivity index (χ0) is 15.0. The van der Waals surface area contributed by atoms with Crippen LogP contribution in [0.5, 0.6) is 0 Å². The van der Waals surface area contributed by atoms with Crippen LogP contribution >= 0.6 is 0 Å². The number of halogens is 1. The van der Waals surface area contributed by atoms with Crippen molar-refractivity contribution in [3.05, 3.63) is 29.6 Å². The molecule has 0 saturated heterocycles. The Bertz CT molecular complexity index is 713. The van der Waals surface area contributed by atoms with Gasteiger partial charge in [0.15, 0.2) is 9.84 Å². The molecule has 0 bridgehead atoms. The number of hydrogen-bond acceptors (Lipinski definition) is 5. The highest BCUT2D eigenvalue weighted by molar-refractivity contribution is 7.91. The van der Waals surface area contributed by atoms with Gasteiger partial charge in [-0.1, -0.05) is 0 Å². The predicted octanol–water partition coefficient (Wildman–Crippen LogP) is 0.678. The average Bonchev–Trinajstić information content (AvgIpc) is 2.30. The maximum atomic E-state index is 13.3. The minimum Gasteiger partial charge on any atom is -0.309 e. The lowest BCUT2D eigenvalue weighted by atomic mass is 10.0. The number of benzene rings is 1.